The molecule has 4 nitrogen and oxygen atoms in total. The van der Waals surface area contributed by atoms with Crippen molar-refractivity contribution in [2.45, 2.75) is 6.92 Å². The minimum absolute atomic E-state index is 0.0194. The van der Waals surface area contributed by atoms with Gasteiger partial charge in [-0.05, 0) is 36.4 Å². The van der Waals surface area contributed by atoms with E-state index in [-0.39, 0.29) is 11.5 Å². The highest BCUT2D eigenvalue weighted by molar-refractivity contribution is 6.06. The predicted molar refractivity (Wildman–Crippen MR) is 79.9 cm³/mol. The number of anilines is 2. The van der Waals surface area contributed by atoms with E-state index in [1.54, 1.807) is 37.4 Å². The van der Waals surface area contributed by atoms with E-state index in [0.29, 0.717) is 11.4 Å². The molecule has 0 aliphatic rings. The molecule has 0 bridgehead atoms. The molecule has 0 aliphatic carbocycles. The summed E-state index contributed by atoms with van der Waals surface area (Å²) in [4.78, 5) is 24.5. The van der Waals surface area contributed by atoms with Gasteiger partial charge in [0.1, 0.15) is 5.82 Å². The molecule has 0 fully saturated rings. The summed E-state index contributed by atoms with van der Waals surface area (Å²) in [5, 5.41) is 2.64. The third kappa shape index (κ3) is 3.45. The second-order valence-corrected chi connectivity index (χ2v) is 4.57. The van der Waals surface area contributed by atoms with E-state index in [2.05, 4.69) is 5.32 Å². The van der Waals surface area contributed by atoms with Crippen molar-refractivity contribution in [3.8, 4) is 0 Å². The maximum absolute atomic E-state index is 13.6. The predicted octanol–water partition coefficient (Wildman–Crippen LogP) is 3.06. The number of carbonyl (C=O) groups is 2. The Morgan fingerprint density at radius 3 is 2.24 bits per heavy atom. The molecular formula is C16H15FN2O2. The highest BCUT2D eigenvalue weighted by Crippen LogP contribution is 2.19. The van der Waals surface area contributed by atoms with Crippen molar-refractivity contribution in [2.75, 3.05) is 17.3 Å². The van der Waals surface area contributed by atoms with Gasteiger partial charge in [0, 0.05) is 25.3 Å². The summed E-state index contributed by atoms with van der Waals surface area (Å²) >= 11 is 0. The maximum Gasteiger partial charge on any atom is 0.260 e. The molecule has 21 heavy (non-hydrogen) atoms. The molecule has 0 heterocycles. The molecule has 2 aromatic rings. The fourth-order valence-electron chi connectivity index (χ4n) is 1.90. The molecule has 0 saturated heterocycles. The van der Waals surface area contributed by atoms with Gasteiger partial charge in [-0.2, -0.15) is 0 Å². The zero-order valence-corrected chi connectivity index (χ0v) is 11.8. The third-order valence-electron chi connectivity index (χ3n) is 2.98. The molecule has 0 spiro atoms. The van der Waals surface area contributed by atoms with Crippen molar-refractivity contribution >= 4 is 23.2 Å². The molecule has 2 amide bonds. The smallest absolute Gasteiger partial charge is 0.260 e. The van der Waals surface area contributed by atoms with Gasteiger partial charge in [0.05, 0.1) is 5.56 Å². The van der Waals surface area contributed by atoms with E-state index in [4.69, 9.17) is 0 Å². The number of benzene rings is 2. The van der Waals surface area contributed by atoms with Crippen LogP contribution in [0.2, 0.25) is 0 Å². The summed E-state index contributed by atoms with van der Waals surface area (Å²) in [6.07, 6.45) is 0. The van der Waals surface area contributed by atoms with E-state index >= 15 is 0 Å². The first-order valence-corrected chi connectivity index (χ1v) is 6.39. The summed E-state index contributed by atoms with van der Waals surface area (Å²) < 4.78 is 13.6. The number of hydrogen-bond donors (Lipinski definition) is 1. The lowest BCUT2D eigenvalue weighted by Crippen LogP contribution is -2.27. The van der Waals surface area contributed by atoms with Crippen LogP contribution in [0.1, 0.15) is 17.3 Å². The van der Waals surface area contributed by atoms with Gasteiger partial charge in [0.2, 0.25) is 5.91 Å². The van der Waals surface area contributed by atoms with Crippen molar-refractivity contribution in [2.24, 2.45) is 0 Å². The normalized spacial score (nSPS) is 10.0. The summed E-state index contributed by atoms with van der Waals surface area (Å²) in [6, 6.07) is 12.6. The van der Waals surface area contributed by atoms with E-state index < -0.39 is 11.7 Å². The molecule has 0 saturated carbocycles. The van der Waals surface area contributed by atoms with Gasteiger partial charge in [-0.3, -0.25) is 9.59 Å². The quantitative estimate of drug-likeness (QED) is 0.942. The first-order valence-electron chi connectivity index (χ1n) is 6.39. The highest BCUT2D eigenvalue weighted by Gasteiger charge is 2.16. The van der Waals surface area contributed by atoms with Gasteiger partial charge >= 0.3 is 0 Å². The zero-order valence-electron chi connectivity index (χ0n) is 11.8. The molecule has 108 valence electrons. The van der Waals surface area contributed by atoms with Crippen molar-refractivity contribution in [1.29, 1.82) is 0 Å². The van der Waals surface area contributed by atoms with E-state index in [0.717, 1.165) is 0 Å². The Hall–Kier alpha value is -2.69. The number of nitrogens with one attached hydrogen (secondary N) is 1. The van der Waals surface area contributed by atoms with Gasteiger partial charge in [0.15, 0.2) is 0 Å². The van der Waals surface area contributed by atoms with Crippen LogP contribution in [0.15, 0.2) is 48.5 Å². The fraction of sp³-hybridized carbons (Fsp3) is 0.125. The fourth-order valence-corrected chi connectivity index (χ4v) is 1.90. The van der Waals surface area contributed by atoms with Crippen LogP contribution in [0.4, 0.5) is 15.8 Å². The molecule has 0 aliphatic heterocycles. The Morgan fingerprint density at radius 2 is 1.67 bits per heavy atom. The van der Waals surface area contributed by atoms with Crippen molar-refractivity contribution in [1.82, 2.24) is 0 Å². The number of rotatable bonds is 3. The average Bonchev–Trinajstić information content (AvgIpc) is 2.46. The molecule has 2 aromatic carbocycles. The molecular weight excluding hydrogens is 271 g/mol. The standard InChI is InChI=1S/C16H15FN2O2/c1-11(20)18-12-7-9-13(10-8-12)19(2)16(21)14-5-3-4-6-15(14)17/h3-10H,1-2H3,(H,18,20). The van der Waals surface area contributed by atoms with Gasteiger partial charge in [0.25, 0.3) is 5.91 Å². The Bertz CT molecular complexity index is 668. The summed E-state index contributed by atoms with van der Waals surface area (Å²) in [5.41, 5.74) is 1.27. The second kappa shape index (κ2) is 6.17. The van der Waals surface area contributed by atoms with Crippen LogP contribution in [0.25, 0.3) is 0 Å². The van der Waals surface area contributed by atoms with E-state index in [1.807, 2.05) is 0 Å². The van der Waals surface area contributed by atoms with Crippen molar-refractivity contribution < 1.29 is 14.0 Å². The average molecular weight is 286 g/mol. The topological polar surface area (TPSA) is 49.4 Å². The van der Waals surface area contributed by atoms with Crippen LogP contribution in [-0.2, 0) is 4.79 Å². The summed E-state index contributed by atoms with van der Waals surface area (Å²) in [6.45, 7) is 1.42. The number of hydrogen-bond acceptors (Lipinski definition) is 2. The van der Waals surface area contributed by atoms with Gasteiger partial charge in [-0.15, -0.1) is 0 Å². The minimum Gasteiger partial charge on any atom is -0.326 e. The van der Waals surface area contributed by atoms with Crippen molar-refractivity contribution in [3.63, 3.8) is 0 Å². The summed E-state index contributed by atoms with van der Waals surface area (Å²) in [7, 11) is 1.57. The number of nitrogens with zero attached hydrogens (tertiary/aromatic N) is 1. The van der Waals surface area contributed by atoms with Crippen LogP contribution >= 0.6 is 0 Å². The van der Waals surface area contributed by atoms with Gasteiger partial charge < -0.3 is 10.2 Å². The van der Waals surface area contributed by atoms with Crippen molar-refractivity contribution in [3.05, 3.63) is 59.9 Å². The summed E-state index contributed by atoms with van der Waals surface area (Å²) in [5.74, 6) is -1.15. The number of amides is 2. The number of carbonyl (C=O) groups excluding carboxylic acids is 2. The Morgan fingerprint density at radius 1 is 1.05 bits per heavy atom. The van der Waals surface area contributed by atoms with E-state index in [9.17, 15) is 14.0 Å². The molecule has 0 unspecified atom stereocenters. The molecule has 0 atom stereocenters. The van der Waals surface area contributed by atoms with Crippen LogP contribution in [0.3, 0.4) is 0 Å². The highest BCUT2D eigenvalue weighted by atomic mass is 19.1. The number of halogens is 1. The molecule has 0 aromatic heterocycles. The minimum atomic E-state index is -0.552. The molecule has 1 N–H and O–H groups in total. The van der Waals surface area contributed by atoms with Crippen LogP contribution < -0.4 is 10.2 Å². The third-order valence-corrected chi connectivity index (χ3v) is 2.98. The largest absolute Gasteiger partial charge is 0.326 e. The Labute approximate surface area is 122 Å². The maximum atomic E-state index is 13.6. The Balaban J connectivity index is 2.20. The van der Waals surface area contributed by atoms with Gasteiger partial charge in [-0.25, -0.2) is 4.39 Å². The lowest BCUT2D eigenvalue weighted by molar-refractivity contribution is -0.114. The van der Waals surface area contributed by atoms with Crippen LogP contribution in [0, 0.1) is 5.82 Å². The van der Waals surface area contributed by atoms with Gasteiger partial charge in [-0.1, -0.05) is 12.1 Å². The second-order valence-electron chi connectivity index (χ2n) is 4.57. The lowest BCUT2D eigenvalue weighted by Gasteiger charge is -2.18. The molecule has 0 radical (unpaired) electrons. The molecule has 2 rings (SSSR count). The van der Waals surface area contributed by atoms with Crippen LogP contribution in [0.5, 0.6) is 0 Å². The lowest BCUT2D eigenvalue weighted by atomic mass is 10.1. The monoisotopic (exact) mass is 286 g/mol. The first-order chi connectivity index (χ1) is 9.99. The zero-order chi connectivity index (χ0) is 15.4. The first kappa shape index (κ1) is 14.7. The SMILES string of the molecule is CC(=O)Nc1ccc(N(C)C(=O)c2ccccc2F)cc1. The Kier molecular flexibility index (Phi) is 4.33. The van der Waals surface area contributed by atoms with Crippen LogP contribution in [-0.4, -0.2) is 18.9 Å². The molecule has 5 heteroatoms. The van der Waals surface area contributed by atoms with E-state index in [1.165, 1.54) is 30.0 Å².